The van der Waals surface area contributed by atoms with Crippen LogP contribution in [0.3, 0.4) is 0 Å². The number of guanidine groups is 1. The van der Waals surface area contributed by atoms with Crippen molar-refractivity contribution in [2.24, 2.45) is 4.99 Å². The molecule has 1 aliphatic heterocycles. The molecule has 0 radical (unpaired) electrons. The maximum atomic E-state index is 12.4. The Morgan fingerprint density at radius 2 is 1.76 bits per heavy atom. The van der Waals surface area contributed by atoms with Gasteiger partial charge in [0.05, 0.1) is 11.2 Å². The Labute approximate surface area is 171 Å². The molecule has 1 aromatic heterocycles. The topological polar surface area (TPSA) is 95.2 Å². The highest BCUT2D eigenvalue weighted by Crippen LogP contribution is 2.11. The van der Waals surface area contributed by atoms with Crippen LogP contribution in [0.15, 0.2) is 57.0 Å². The van der Waals surface area contributed by atoms with Gasteiger partial charge in [-0.25, -0.2) is 8.42 Å². The number of piperazine rings is 1. The van der Waals surface area contributed by atoms with Crippen molar-refractivity contribution >= 4 is 21.7 Å². The van der Waals surface area contributed by atoms with Gasteiger partial charge in [-0.15, -0.1) is 0 Å². The maximum Gasteiger partial charge on any atom is 0.289 e. The molecule has 1 aliphatic rings. The fraction of sp³-hybridized carbons (Fsp3) is 0.400. The van der Waals surface area contributed by atoms with Gasteiger partial charge in [-0.05, 0) is 36.2 Å². The number of furan rings is 1. The van der Waals surface area contributed by atoms with Crippen LogP contribution < -0.4 is 5.32 Å². The van der Waals surface area contributed by atoms with Crippen molar-refractivity contribution in [1.82, 2.24) is 15.1 Å². The van der Waals surface area contributed by atoms with E-state index in [-0.39, 0.29) is 5.91 Å². The maximum absolute atomic E-state index is 12.4. The largest absolute Gasteiger partial charge is 0.459 e. The van der Waals surface area contributed by atoms with E-state index in [9.17, 15) is 13.2 Å². The van der Waals surface area contributed by atoms with Crippen LogP contribution in [0.25, 0.3) is 0 Å². The lowest BCUT2D eigenvalue weighted by molar-refractivity contribution is 0.0658. The van der Waals surface area contributed by atoms with Crippen molar-refractivity contribution in [3.05, 3.63) is 54.0 Å². The van der Waals surface area contributed by atoms with Crippen LogP contribution in [-0.4, -0.2) is 76.1 Å². The SMILES string of the molecule is CN=C(NCCc1ccc(S(C)(=O)=O)cc1)N1CCN(C(=O)c2ccco2)CC1. The van der Waals surface area contributed by atoms with Gasteiger partial charge in [0.2, 0.25) is 0 Å². The monoisotopic (exact) mass is 418 g/mol. The highest BCUT2D eigenvalue weighted by atomic mass is 32.2. The summed E-state index contributed by atoms with van der Waals surface area (Å²) in [6.45, 7) is 3.27. The molecule has 0 bridgehead atoms. The normalized spacial score (nSPS) is 15.4. The van der Waals surface area contributed by atoms with E-state index in [1.54, 1.807) is 36.2 Å². The molecule has 156 valence electrons. The summed E-state index contributed by atoms with van der Waals surface area (Å²) in [6.07, 6.45) is 3.46. The van der Waals surface area contributed by atoms with Crippen LogP contribution in [0.4, 0.5) is 0 Å². The van der Waals surface area contributed by atoms with Crippen molar-refractivity contribution in [3.63, 3.8) is 0 Å². The molecule has 1 fully saturated rings. The van der Waals surface area contributed by atoms with Gasteiger partial charge in [-0.2, -0.15) is 0 Å². The molecule has 1 saturated heterocycles. The summed E-state index contributed by atoms with van der Waals surface area (Å²) in [5.74, 6) is 1.07. The van der Waals surface area contributed by atoms with E-state index in [1.807, 2.05) is 12.1 Å². The lowest BCUT2D eigenvalue weighted by atomic mass is 10.1. The van der Waals surface area contributed by atoms with E-state index in [0.29, 0.717) is 43.4 Å². The molecule has 0 atom stereocenters. The minimum atomic E-state index is -3.17. The number of aliphatic imine (C=N–C) groups is 1. The van der Waals surface area contributed by atoms with Gasteiger partial charge >= 0.3 is 0 Å². The smallest absolute Gasteiger partial charge is 0.289 e. The van der Waals surface area contributed by atoms with Crippen LogP contribution in [0, 0.1) is 0 Å². The number of carbonyl (C=O) groups is 1. The Kier molecular flexibility index (Phi) is 6.58. The van der Waals surface area contributed by atoms with Gasteiger partial charge in [0.15, 0.2) is 21.6 Å². The summed E-state index contributed by atoms with van der Waals surface area (Å²) in [5.41, 5.74) is 1.05. The van der Waals surface area contributed by atoms with Crippen LogP contribution in [0.5, 0.6) is 0 Å². The zero-order valence-electron chi connectivity index (χ0n) is 16.7. The lowest BCUT2D eigenvalue weighted by Crippen LogP contribution is -2.54. The first-order valence-electron chi connectivity index (χ1n) is 9.46. The molecule has 2 heterocycles. The number of amides is 1. The summed E-state index contributed by atoms with van der Waals surface area (Å²) in [5, 5.41) is 3.34. The zero-order chi connectivity index (χ0) is 20.9. The van der Waals surface area contributed by atoms with Gasteiger partial charge < -0.3 is 19.5 Å². The summed E-state index contributed by atoms with van der Waals surface area (Å²) in [7, 11) is -1.43. The standard InChI is InChI=1S/C20H26N4O4S/c1-21-20(22-10-9-16-5-7-17(8-6-16)29(2,26)27)24-13-11-23(12-14-24)19(25)18-4-3-15-28-18/h3-8,15H,9-14H2,1-2H3,(H,21,22). The molecule has 0 aliphatic carbocycles. The lowest BCUT2D eigenvalue weighted by Gasteiger charge is -2.36. The second-order valence-electron chi connectivity index (χ2n) is 6.90. The minimum absolute atomic E-state index is 0.0878. The van der Waals surface area contributed by atoms with E-state index >= 15 is 0 Å². The highest BCUT2D eigenvalue weighted by molar-refractivity contribution is 7.90. The van der Waals surface area contributed by atoms with E-state index < -0.39 is 9.84 Å². The second-order valence-corrected chi connectivity index (χ2v) is 8.91. The number of nitrogens with one attached hydrogen (secondary N) is 1. The molecule has 29 heavy (non-hydrogen) atoms. The van der Waals surface area contributed by atoms with Gasteiger partial charge in [-0.1, -0.05) is 12.1 Å². The first-order chi connectivity index (χ1) is 13.9. The van der Waals surface area contributed by atoms with Crippen molar-refractivity contribution < 1.29 is 17.6 Å². The molecule has 0 saturated carbocycles. The number of carbonyl (C=O) groups excluding carboxylic acids is 1. The van der Waals surface area contributed by atoms with E-state index in [4.69, 9.17) is 4.42 Å². The fourth-order valence-corrected chi connectivity index (χ4v) is 3.86. The zero-order valence-corrected chi connectivity index (χ0v) is 17.5. The molecule has 1 aromatic carbocycles. The Morgan fingerprint density at radius 1 is 1.10 bits per heavy atom. The van der Waals surface area contributed by atoms with E-state index in [1.165, 1.54) is 12.5 Å². The average molecular weight is 419 g/mol. The summed E-state index contributed by atoms with van der Waals surface area (Å²) < 4.78 is 28.3. The highest BCUT2D eigenvalue weighted by Gasteiger charge is 2.25. The molecule has 0 spiro atoms. The van der Waals surface area contributed by atoms with E-state index in [2.05, 4.69) is 15.2 Å². The molecular weight excluding hydrogens is 392 g/mol. The molecular formula is C20H26N4O4S. The Balaban J connectivity index is 1.47. The molecule has 1 N–H and O–H groups in total. The Hall–Kier alpha value is -2.81. The van der Waals surface area contributed by atoms with E-state index in [0.717, 1.165) is 17.9 Å². The summed E-state index contributed by atoms with van der Waals surface area (Å²) >= 11 is 0. The van der Waals surface area contributed by atoms with Gasteiger partial charge in [0.1, 0.15) is 0 Å². The quantitative estimate of drug-likeness (QED) is 0.580. The van der Waals surface area contributed by atoms with Crippen LogP contribution in [0.2, 0.25) is 0 Å². The van der Waals surface area contributed by atoms with Crippen molar-refractivity contribution in [2.45, 2.75) is 11.3 Å². The molecule has 2 aromatic rings. The number of rotatable bonds is 5. The number of hydrogen-bond acceptors (Lipinski definition) is 5. The predicted octanol–water partition coefficient (Wildman–Crippen LogP) is 1.26. The third-order valence-electron chi connectivity index (χ3n) is 4.86. The molecule has 0 unspecified atom stereocenters. The molecule has 1 amide bonds. The Bertz CT molecular complexity index is 945. The van der Waals surface area contributed by atoms with Crippen molar-refractivity contribution in [3.8, 4) is 0 Å². The number of nitrogens with zero attached hydrogens (tertiary/aromatic N) is 3. The number of benzene rings is 1. The van der Waals surface area contributed by atoms with Gasteiger partial charge in [-0.3, -0.25) is 9.79 Å². The summed E-state index contributed by atoms with van der Waals surface area (Å²) in [6, 6.07) is 10.3. The first kappa shape index (κ1) is 20.9. The minimum Gasteiger partial charge on any atom is -0.459 e. The summed E-state index contributed by atoms with van der Waals surface area (Å²) in [4.78, 5) is 20.9. The van der Waals surface area contributed by atoms with Crippen molar-refractivity contribution in [2.75, 3.05) is 46.0 Å². The predicted molar refractivity (Wildman–Crippen MR) is 111 cm³/mol. The van der Waals surface area contributed by atoms with Crippen LogP contribution in [0.1, 0.15) is 16.1 Å². The van der Waals surface area contributed by atoms with Crippen LogP contribution in [-0.2, 0) is 16.3 Å². The number of sulfone groups is 1. The van der Waals surface area contributed by atoms with Crippen LogP contribution >= 0.6 is 0 Å². The molecule has 9 heteroatoms. The molecule has 8 nitrogen and oxygen atoms in total. The first-order valence-corrected chi connectivity index (χ1v) is 11.3. The van der Waals surface area contributed by atoms with Crippen molar-refractivity contribution in [1.29, 1.82) is 0 Å². The second kappa shape index (κ2) is 9.13. The van der Waals surface area contributed by atoms with Gasteiger partial charge in [0, 0.05) is 46.0 Å². The third-order valence-corrected chi connectivity index (χ3v) is 5.99. The third kappa shape index (κ3) is 5.38. The fourth-order valence-electron chi connectivity index (χ4n) is 3.23. The average Bonchev–Trinajstić information content (AvgIpc) is 3.25. The number of hydrogen-bond donors (Lipinski definition) is 1. The Morgan fingerprint density at radius 3 is 2.31 bits per heavy atom. The molecule has 3 rings (SSSR count). The van der Waals surface area contributed by atoms with Gasteiger partial charge in [0.25, 0.3) is 5.91 Å².